The van der Waals surface area contributed by atoms with E-state index in [1.54, 1.807) is 6.92 Å². The largest absolute Gasteiger partial charge is 0.385 e. The van der Waals surface area contributed by atoms with Crippen LogP contribution in [-0.2, 0) is 10.1 Å². The minimum Gasteiger partial charge on any atom is -0.385 e. The lowest BCUT2D eigenvalue weighted by Crippen LogP contribution is -2.23. The number of rotatable bonds is 3. The Morgan fingerprint density at radius 2 is 2.00 bits per heavy atom. The predicted octanol–water partition coefficient (Wildman–Crippen LogP) is 0.577. The summed E-state index contributed by atoms with van der Waals surface area (Å²) < 4.78 is 29.0. The zero-order chi connectivity index (χ0) is 8.36. The molecule has 0 aromatic heterocycles. The molecule has 5 heteroatoms. The van der Waals surface area contributed by atoms with Gasteiger partial charge >= 0.3 is 0 Å². The molecular formula is C5H11O4S. The van der Waals surface area contributed by atoms with Crippen molar-refractivity contribution >= 4 is 10.1 Å². The molecule has 1 radical (unpaired) electrons. The van der Waals surface area contributed by atoms with Gasteiger partial charge in [0, 0.05) is 0 Å². The van der Waals surface area contributed by atoms with Crippen LogP contribution >= 0.6 is 0 Å². The normalized spacial score (nSPS) is 15.7. The average Bonchev–Trinajstić information content (AvgIpc) is 1.83. The van der Waals surface area contributed by atoms with E-state index in [2.05, 4.69) is 0 Å². The summed E-state index contributed by atoms with van der Waals surface area (Å²) in [6.45, 7) is 2.84. The van der Waals surface area contributed by atoms with Crippen molar-refractivity contribution in [2.24, 2.45) is 0 Å². The van der Waals surface area contributed by atoms with Gasteiger partial charge in [-0.2, -0.15) is 8.42 Å². The highest BCUT2D eigenvalue weighted by molar-refractivity contribution is 7.86. The summed E-state index contributed by atoms with van der Waals surface area (Å²) in [5.41, 5.74) is 0. The minimum atomic E-state index is -4.10. The van der Waals surface area contributed by atoms with Gasteiger partial charge in [-0.1, -0.05) is 6.92 Å². The van der Waals surface area contributed by atoms with Gasteiger partial charge in [0.1, 0.15) is 11.4 Å². The molecule has 10 heavy (non-hydrogen) atoms. The maximum atomic E-state index is 10.3. The summed E-state index contributed by atoms with van der Waals surface area (Å²) in [6, 6.07) is 0. The van der Waals surface area contributed by atoms with Gasteiger partial charge in [-0.25, -0.2) is 0 Å². The number of aliphatic hydroxyl groups excluding tert-OH is 1. The molecule has 0 fully saturated rings. The highest BCUT2D eigenvalue weighted by Crippen LogP contribution is 2.13. The molecule has 0 aliphatic rings. The standard InChI is InChI=1S/C5H11O4S/c1-3-5(6)4(2)10(7,8)9/h4,6H,3H2,1-2H3,(H,7,8,9). The molecule has 1 unspecified atom stereocenters. The lowest BCUT2D eigenvalue weighted by atomic mass is 10.2. The quantitative estimate of drug-likeness (QED) is 0.603. The smallest absolute Gasteiger partial charge is 0.270 e. The van der Waals surface area contributed by atoms with Crippen molar-refractivity contribution in [1.29, 1.82) is 0 Å². The van der Waals surface area contributed by atoms with E-state index >= 15 is 0 Å². The summed E-state index contributed by atoms with van der Waals surface area (Å²) in [5.74, 6) is 0. The van der Waals surface area contributed by atoms with Crippen molar-refractivity contribution in [3.63, 3.8) is 0 Å². The molecule has 1 atom stereocenters. The van der Waals surface area contributed by atoms with Crippen LogP contribution < -0.4 is 0 Å². The van der Waals surface area contributed by atoms with Crippen molar-refractivity contribution < 1.29 is 18.1 Å². The Labute approximate surface area is 60.6 Å². The SMILES string of the molecule is CC[C](O)C(C)S(=O)(=O)O. The number of aliphatic hydroxyl groups is 1. The van der Waals surface area contributed by atoms with E-state index in [1.807, 2.05) is 0 Å². The van der Waals surface area contributed by atoms with Gasteiger partial charge in [0.25, 0.3) is 10.1 Å². The van der Waals surface area contributed by atoms with Gasteiger partial charge in [0.15, 0.2) is 0 Å². The zero-order valence-electron chi connectivity index (χ0n) is 5.90. The van der Waals surface area contributed by atoms with E-state index in [-0.39, 0.29) is 12.5 Å². The second-order valence-corrected chi connectivity index (χ2v) is 3.74. The van der Waals surface area contributed by atoms with Crippen molar-refractivity contribution in [1.82, 2.24) is 0 Å². The minimum absolute atomic E-state index is 0.220. The highest BCUT2D eigenvalue weighted by atomic mass is 32.2. The maximum absolute atomic E-state index is 10.3. The van der Waals surface area contributed by atoms with Crippen LogP contribution in [0.15, 0.2) is 0 Å². The maximum Gasteiger partial charge on any atom is 0.270 e. The van der Waals surface area contributed by atoms with Crippen molar-refractivity contribution in [2.45, 2.75) is 25.5 Å². The lowest BCUT2D eigenvalue weighted by molar-refractivity contribution is 0.275. The molecule has 0 rings (SSSR count). The van der Waals surface area contributed by atoms with Gasteiger partial charge in [-0.05, 0) is 13.3 Å². The third-order valence-electron chi connectivity index (χ3n) is 1.28. The average molecular weight is 167 g/mol. The van der Waals surface area contributed by atoms with Crippen LogP contribution in [-0.4, -0.2) is 23.3 Å². The van der Waals surface area contributed by atoms with E-state index in [9.17, 15) is 8.42 Å². The fourth-order valence-corrected chi connectivity index (χ4v) is 0.970. The number of hydrogen-bond acceptors (Lipinski definition) is 3. The Kier molecular flexibility index (Phi) is 3.27. The molecule has 0 amide bonds. The van der Waals surface area contributed by atoms with E-state index in [0.29, 0.717) is 0 Å². The molecule has 0 spiro atoms. The van der Waals surface area contributed by atoms with Gasteiger partial charge in [0.2, 0.25) is 0 Å². The lowest BCUT2D eigenvalue weighted by Gasteiger charge is -2.11. The first-order chi connectivity index (χ1) is 4.39. The third kappa shape index (κ3) is 2.64. The molecule has 0 saturated heterocycles. The summed E-state index contributed by atoms with van der Waals surface area (Å²) in [5, 5.41) is 7.67. The molecule has 0 aliphatic carbocycles. The first-order valence-electron chi connectivity index (χ1n) is 2.90. The van der Waals surface area contributed by atoms with Crippen LogP contribution in [0.1, 0.15) is 20.3 Å². The van der Waals surface area contributed by atoms with Crippen LogP contribution in [0.4, 0.5) is 0 Å². The van der Waals surface area contributed by atoms with Gasteiger partial charge in [-0.3, -0.25) is 4.55 Å². The second-order valence-electron chi connectivity index (χ2n) is 2.00. The summed E-state index contributed by atoms with van der Waals surface area (Å²) in [6.07, 6.45) is 0.0172. The zero-order valence-corrected chi connectivity index (χ0v) is 6.72. The van der Waals surface area contributed by atoms with Crippen LogP contribution in [0.5, 0.6) is 0 Å². The predicted molar refractivity (Wildman–Crippen MR) is 36.5 cm³/mol. The molecule has 2 N–H and O–H groups in total. The molecule has 61 valence electrons. The summed E-state index contributed by atoms with van der Waals surface area (Å²) in [7, 11) is -4.10. The van der Waals surface area contributed by atoms with Crippen LogP contribution in [0.3, 0.4) is 0 Å². The van der Waals surface area contributed by atoms with E-state index in [0.717, 1.165) is 0 Å². The molecule has 0 aromatic carbocycles. The monoisotopic (exact) mass is 167 g/mol. The molecule has 0 aliphatic heterocycles. The van der Waals surface area contributed by atoms with Gasteiger partial charge < -0.3 is 5.11 Å². The molecule has 0 aromatic rings. The van der Waals surface area contributed by atoms with Crippen molar-refractivity contribution in [2.75, 3.05) is 0 Å². The summed E-state index contributed by atoms with van der Waals surface area (Å²) in [4.78, 5) is 0. The van der Waals surface area contributed by atoms with Crippen molar-refractivity contribution in [3.05, 3.63) is 6.10 Å². The molecular weight excluding hydrogens is 156 g/mol. The molecule has 0 bridgehead atoms. The van der Waals surface area contributed by atoms with E-state index in [1.165, 1.54) is 6.92 Å². The van der Waals surface area contributed by atoms with Gasteiger partial charge in [0.05, 0.1) is 0 Å². The van der Waals surface area contributed by atoms with Crippen LogP contribution in [0, 0.1) is 6.10 Å². The Bertz CT molecular complexity index is 184. The topological polar surface area (TPSA) is 74.6 Å². The van der Waals surface area contributed by atoms with Crippen molar-refractivity contribution in [3.8, 4) is 0 Å². The fraction of sp³-hybridized carbons (Fsp3) is 0.800. The summed E-state index contributed by atoms with van der Waals surface area (Å²) >= 11 is 0. The first kappa shape index (κ1) is 9.87. The fourth-order valence-electron chi connectivity index (χ4n) is 0.459. The number of hydrogen-bond donors (Lipinski definition) is 2. The van der Waals surface area contributed by atoms with Crippen LogP contribution in [0.25, 0.3) is 0 Å². The Hall–Kier alpha value is -0.130. The Morgan fingerprint density at radius 1 is 1.60 bits per heavy atom. The molecule has 0 heterocycles. The van der Waals surface area contributed by atoms with Crippen LogP contribution in [0.2, 0.25) is 0 Å². The highest BCUT2D eigenvalue weighted by Gasteiger charge is 2.25. The Morgan fingerprint density at radius 3 is 2.10 bits per heavy atom. The van der Waals surface area contributed by atoms with Gasteiger partial charge in [-0.15, -0.1) is 0 Å². The third-order valence-corrected chi connectivity index (χ3v) is 2.44. The molecule has 0 saturated carbocycles. The molecule has 4 nitrogen and oxygen atoms in total. The second kappa shape index (κ2) is 3.32. The first-order valence-corrected chi connectivity index (χ1v) is 4.41. The van der Waals surface area contributed by atoms with E-state index in [4.69, 9.17) is 9.66 Å². The Balaban J connectivity index is 4.23. The van der Waals surface area contributed by atoms with E-state index < -0.39 is 15.4 Å².